The molecule has 1 atom stereocenters. The lowest BCUT2D eigenvalue weighted by atomic mass is 10.3. The Morgan fingerprint density at radius 3 is 2.60 bits per heavy atom. The molecule has 8 nitrogen and oxygen atoms in total. The average Bonchev–Trinajstić information content (AvgIpc) is 2.89. The van der Waals surface area contributed by atoms with Crippen LogP contribution in [0.2, 0.25) is 0 Å². The number of carboxylic acids is 1. The molecule has 1 aromatic heterocycles. The summed E-state index contributed by atoms with van der Waals surface area (Å²) in [5.41, 5.74) is -0.0859. The number of carbonyl (C=O) groups excluding carboxylic acids is 1. The second-order valence-electron chi connectivity index (χ2n) is 4.36. The maximum atomic E-state index is 12.0. The molecular weight excluding hydrogens is 262 g/mol. The highest BCUT2D eigenvalue weighted by atomic mass is 16.4. The van der Waals surface area contributed by atoms with Gasteiger partial charge in [0.2, 0.25) is 5.91 Å². The van der Waals surface area contributed by atoms with Gasteiger partial charge in [-0.25, -0.2) is 4.79 Å². The highest BCUT2D eigenvalue weighted by Gasteiger charge is 2.17. The molecule has 0 saturated heterocycles. The molecule has 0 fully saturated rings. The lowest BCUT2D eigenvalue weighted by Crippen LogP contribution is -2.45. The Kier molecular flexibility index (Phi) is 6.10. The molecule has 0 aliphatic heterocycles. The topological polar surface area (TPSA) is 100 Å². The third-order valence-corrected chi connectivity index (χ3v) is 2.99. The average molecular weight is 283 g/mol. The minimum atomic E-state index is -1.10. The van der Waals surface area contributed by atoms with Crippen molar-refractivity contribution in [3.8, 4) is 0 Å². The first kappa shape index (κ1) is 16.1. The number of carbonyl (C=O) groups is 2. The number of amides is 1. The van der Waals surface area contributed by atoms with E-state index in [-0.39, 0.29) is 17.6 Å². The van der Waals surface area contributed by atoms with Gasteiger partial charge in [0.05, 0.1) is 18.8 Å². The van der Waals surface area contributed by atoms with E-state index in [4.69, 9.17) is 5.11 Å². The van der Waals surface area contributed by atoms with Crippen LogP contribution in [0, 0.1) is 0 Å². The number of likely N-dealkylation sites (N-methyl/N-ethyl adjacent to an activating group) is 1. The molecule has 0 radical (unpaired) electrons. The summed E-state index contributed by atoms with van der Waals surface area (Å²) in [6, 6.07) is -0.280. The summed E-state index contributed by atoms with van der Waals surface area (Å²) >= 11 is 0. The molecule has 1 rings (SSSR count). The highest BCUT2D eigenvalue weighted by Crippen LogP contribution is 1.95. The van der Waals surface area contributed by atoms with Gasteiger partial charge in [-0.05, 0) is 20.8 Å². The van der Waals surface area contributed by atoms with Gasteiger partial charge >= 0.3 is 5.97 Å². The van der Waals surface area contributed by atoms with Gasteiger partial charge in [-0.2, -0.15) is 0 Å². The zero-order chi connectivity index (χ0) is 15.1. The van der Waals surface area contributed by atoms with E-state index in [9.17, 15) is 9.59 Å². The fourth-order valence-electron chi connectivity index (χ4n) is 1.80. The zero-order valence-corrected chi connectivity index (χ0v) is 12.0. The first-order chi connectivity index (χ1) is 9.49. The van der Waals surface area contributed by atoms with E-state index in [1.165, 1.54) is 10.9 Å². The molecule has 2 N–H and O–H groups in total. The molecule has 0 aliphatic rings. The standard InChI is InChI=1S/C12H21N5O3/c1-4-16(5-2)11(18)9(3)13-6-7-17-8-10(12(19)20)14-15-17/h8-9,13H,4-7H2,1-3H3,(H,19,20). The molecule has 1 aromatic rings. The van der Waals surface area contributed by atoms with E-state index in [0.29, 0.717) is 26.2 Å². The molecule has 0 bridgehead atoms. The Hall–Kier alpha value is -1.96. The molecule has 1 heterocycles. The van der Waals surface area contributed by atoms with Crippen molar-refractivity contribution < 1.29 is 14.7 Å². The van der Waals surface area contributed by atoms with Crippen LogP contribution >= 0.6 is 0 Å². The van der Waals surface area contributed by atoms with Crippen molar-refractivity contribution in [1.29, 1.82) is 0 Å². The van der Waals surface area contributed by atoms with Crippen molar-refractivity contribution >= 4 is 11.9 Å². The largest absolute Gasteiger partial charge is 0.476 e. The summed E-state index contributed by atoms with van der Waals surface area (Å²) in [4.78, 5) is 24.4. The minimum Gasteiger partial charge on any atom is -0.476 e. The predicted octanol–water partition coefficient (Wildman–Crippen LogP) is -0.177. The SMILES string of the molecule is CCN(CC)C(=O)C(C)NCCn1cc(C(=O)O)nn1. The number of nitrogens with one attached hydrogen (secondary N) is 1. The number of nitrogens with zero attached hydrogens (tertiary/aromatic N) is 4. The fraction of sp³-hybridized carbons (Fsp3) is 0.667. The molecular formula is C12H21N5O3. The fourth-order valence-corrected chi connectivity index (χ4v) is 1.80. The molecule has 1 unspecified atom stereocenters. The maximum Gasteiger partial charge on any atom is 0.358 e. The van der Waals surface area contributed by atoms with Crippen molar-refractivity contribution in [2.24, 2.45) is 0 Å². The predicted molar refractivity (Wildman–Crippen MR) is 72.4 cm³/mol. The van der Waals surface area contributed by atoms with E-state index < -0.39 is 5.97 Å². The van der Waals surface area contributed by atoms with Gasteiger partial charge in [-0.15, -0.1) is 5.10 Å². The van der Waals surface area contributed by atoms with Gasteiger partial charge < -0.3 is 15.3 Å². The summed E-state index contributed by atoms with van der Waals surface area (Å²) in [7, 11) is 0. The molecule has 8 heteroatoms. The van der Waals surface area contributed by atoms with E-state index >= 15 is 0 Å². The summed E-state index contributed by atoms with van der Waals surface area (Å²) in [5.74, 6) is -1.05. The van der Waals surface area contributed by atoms with Crippen LogP contribution < -0.4 is 5.32 Å². The maximum absolute atomic E-state index is 12.0. The molecule has 112 valence electrons. The quantitative estimate of drug-likeness (QED) is 0.686. The van der Waals surface area contributed by atoms with E-state index in [1.807, 2.05) is 20.8 Å². The van der Waals surface area contributed by atoms with E-state index in [0.717, 1.165) is 0 Å². The Balaban J connectivity index is 2.39. The molecule has 0 aromatic carbocycles. The monoisotopic (exact) mass is 283 g/mol. The van der Waals surface area contributed by atoms with Crippen molar-refractivity contribution in [3.63, 3.8) is 0 Å². The van der Waals surface area contributed by atoms with Crippen LogP contribution in [0.3, 0.4) is 0 Å². The second kappa shape index (κ2) is 7.59. The normalized spacial score (nSPS) is 12.2. The molecule has 0 saturated carbocycles. The highest BCUT2D eigenvalue weighted by molar-refractivity contribution is 5.84. The molecule has 0 spiro atoms. The lowest BCUT2D eigenvalue weighted by Gasteiger charge is -2.23. The van der Waals surface area contributed by atoms with Gasteiger partial charge in [0, 0.05) is 19.6 Å². The Bertz CT molecular complexity index is 456. The first-order valence-corrected chi connectivity index (χ1v) is 6.65. The summed E-state index contributed by atoms with van der Waals surface area (Å²) in [6.07, 6.45) is 1.36. The van der Waals surface area contributed by atoms with Crippen LogP contribution in [0.15, 0.2) is 6.20 Å². The van der Waals surface area contributed by atoms with Crippen molar-refractivity contribution in [1.82, 2.24) is 25.2 Å². The van der Waals surface area contributed by atoms with Crippen molar-refractivity contribution in [3.05, 3.63) is 11.9 Å². The second-order valence-corrected chi connectivity index (χ2v) is 4.36. The Morgan fingerprint density at radius 1 is 1.45 bits per heavy atom. The van der Waals surface area contributed by atoms with Crippen LogP contribution in [0.4, 0.5) is 0 Å². The van der Waals surface area contributed by atoms with Crippen LogP contribution in [-0.2, 0) is 11.3 Å². The lowest BCUT2D eigenvalue weighted by molar-refractivity contribution is -0.132. The third-order valence-electron chi connectivity index (χ3n) is 2.99. The number of carboxylic acid groups (broad SMARTS) is 1. The van der Waals surface area contributed by atoms with Gasteiger partial charge in [0.25, 0.3) is 0 Å². The Morgan fingerprint density at radius 2 is 2.10 bits per heavy atom. The zero-order valence-electron chi connectivity index (χ0n) is 12.0. The van der Waals surface area contributed by atoms with Crippen LogP contribution in [0.1, 0.15) is 31.3 Å². The number of aromatic nitrogens is 3. The van der Waals surface area contributed by atoms with Gasteiger partial charge in [0.15, 0.2) is 5.69 Å². The van der Waals surface area contributed by atoms with Gasteiger partial charge in [-0.1, -0.05) is 5.21 Å². The van der Waals surface area contributed by atoms with Crippen molar-refractivity contribution in [2.75, 3.05) is 19.6 Å². The van der Waals surface area contributed by atoms with Crippen LogP contribution in [0.25, 0.3) is 0 Å². The van der Waals surface area contributed by atoms with Crippen molar-refractivity contribution in [2.45, 2.75) is 33.4 Å². The van der Waals surface area contributed by atoms with Crippen LogP contribution in [-0.4, -0.2) is 62.6 Å². The first-order valence-electron chi connectivity index (χ1n) is 6.65. The summed E-state index contributed by atoms with van der Waals surface area (Å²) in [6.45, 7) is 8.03. The smallest absolute Gasteiger partial charge is 0.358 e. The minimum absolute atomic E-state index is 0.0554. The number of aromatic carboxylic acids is 1. The van der Waals surface area contributed by atoms with Gasteiger partial charge in [0.1, 0.15) is 0 Å². The van der Waals surface area contributed by atoms with Gasteiger partial charge in [-0.3, -0.25) is 9.48 Å². The molecule has 0 aliphatic carbocycles. The summed E-state index contributed by atoms with van der Waals surface area (Å²) in [5, 5.41) is 19.0. The summed E-state index contributed by atoms with van der Waals surface area (Å²) < 4.78 is 1.44. The molecule has 1 amide bonds. The Labute approximate surface area is 117 Å². The van der Waals surface area contributed by atoms with E-state index in [1.54, 1.807) is 4.90 Å². The molecule has 20 heavy (non-hydrogen) atoms. The number of hydrogen-bond acceptors (Lipinski definition) is 5. The number of hydrogen-bond donors (Lipinski definition) is 2. The van der Waals surface area contributed by atoms with E-state index in [2.05, 4.69) is 15.6 Å². The third kappa shape index (κ3) is 4.30. The van der Waals surface area contributed by atoms with Crippen LogP contribution in [0.5, 0.6) is 0 Å². The number of rotatable bonds is 8.